The Bertz CT molecular complexity index is 479. The molecule has 1 aromatic rings. The molecule has 0 spiro atoms. The fourth-order valence-electron chi connectivity index (χ4n) is 2.63. The molecule has 0 aromatic carbocycles. The fraction of sp³-hybridized carbons (Fsp3) is 0.733. The van der Waals surface area contributed by atoms with E-state index < -0.39 is 0 Å². The molecule has 1 aliphatic rings. The van der Waals surface area contributed by atoms with E-state index in [0.29, 0.717) is 12.6 Å². The van der Waals surface area contributed by atoms with Crippen LogP contribution < -0.4 is 15.8 Å². The Hall–Kier alpha value is -1.40. The van der Waals surface area contributed by atoms with Gasteiger partial charge in [-0.25, -0.2) is 4.68 Å². The highest BCUT2D eigenvalue weighted by atomic mass is 16.5. The van der Waals surface area contributed by atoms with Crippen LogP contribution in [0, 0.1) is 0 Å². The third-order valence-corrected chi connectivity index (χ3v) is 3.96. The minimum Gasteiger partial charge on any atom is -0.381 e. The van der Waals surface area contributed by atoms with E-state index in [1.807, 2.05) is 0 Å². The number of ether oxygens (including phenoxy) is 1. The molecule has 2 heterocycles. The second-order valence-corrected chi connectivity index (χ2v) is 5.29. The van der Waals surface area contributed by atoms with Crippen molar-refractivity contribution in [1.82, 2.24) is 15.1 Å². The summed E-state index contributed by atoms with van der Waals surface area (Å²) in [7, 11) is 0. The van der Waals surface area contributed by atoms with Crippen LogP contribution in [0.3, 0.4) is 0 Å². The SMILES string of the molecule is CCN(CC)c1cnn(CCNC2CCOCC2)c(=O)c1. The Morgan fingerprint density at radius 1 is 1.38 bits per heavy atom. The largest absolute Gasteiger partial charge is 0.381 e. The van der Waals surface area contributed by atoms with E-state index in [4.69, 9.17) is 4.74 Å². The van der Waals surface area contributed by atoms with Gasteiger partial charge in [0, 0.05) is 45.0 Å². The highest BCUT2D eigenvalue weighted by Gasteiger charge is 2.12. The third kappa shape index (κ3) is 4.54. The van der Waals surface area contributed by atoms with Crippen molar-refractivity contribution < 1.29 is 4.74 Å². The number of anilines is 1. The van der Waals surface area contributed by atoms with E-state index in [2.05, 4.69) is 29.2 Å². The summed E-state index contributed by atoms with van der Waals surface area (Å²) >= 11 is 0. The molecule has 1 aliphatic heterocycles. The van der Waals surface area contributed by atoms with Gasteiger partial charge in [-0.3, -0.25) is 4.79 Å². The molecule has 1 fully saturated rings. The van der Waals surface area contributed by atoms with Gasteiger partial charge in [-0.05, 0) is 26.7 Å². The van der Waals surface area contributed by atoms with Gasteiger partial charge < -0.3 is 15.0 Å². The first-order valence-corrected chi connectivity index (χ1v) is 7.87. The molecule has 1 aromatic heterocycles. The lowest BCUT2D eigenvalue weighted by Gasteiger charge is -2.23. The second-order valence-electron chi connectivity index (χ2n) is 5.29. The Balaban J connectivity index is 1.87. The monoisotopic (exact) mass is 294 g/mol. The van der Waals surface area contributed by atoms with Crippen LogP contribution in [-0.2, 0) is 11.3 Å². The third-order valence-electron chi connectivity index (χ3n) is 3.96. The summed E-state index contributed by atoms with van der Waals surface area (Å²) in [5.74, 6) is 0. The van der Waals surface area contributed by atoms with Crippen LogP contribution in [0.5, 0.6) is 0 Å². The number of aromatic nitrogens is 2. The molecule has 0 unspecified atom stereocenters. The highest BCUT2D eigenvalue weighted by molar-refractivity contribution is 5.42. The Morgan fingerprint density at radius 2 is 2.10 bits per heavy atom. The van der Waals surface area contributed by atoms with Crippen LogP contribution >= 0.6 is 0 Å². The van der Waals surface area contributed by atoms with Gasteiger partial charge >= 0.3 is 0 Å². The zero-order chi connectivity index (χ0) is 15.1. The fourth-order valence-corrected chi connectivity index (χ4v) is 2.63. The van der Waals surface area contributed by atoms with Gasteiger partial charge in [-0.1, -0.05) is 0 Å². The van der Waals surface area contributed by atoms with Gasteiger partial charge in [0.15, 0.2) is 0 Å². The molecular weight excluding hydrogens is 268 g/mol. The van der Waals surface area contributed by atoms with Crippen LogP contribution in [-0.4, -0.2) is 48.7 Å². The number of hydrogen-bond acceptors (Lipinski definition) is 5. The molecule has 0 radical (unpaired) electrons. The quantitative estimate of drug-likeness (QED) is 0.808. The van der Waals surface area contributed by atoms with Crippen molar-refractivity contribution in [3.05, 3.63) is 22.6 Å². The molecule has 0 amide bonds. The van der Waals surface area contributed by atoms with Crippen molar-refractivity contribution in [2.75, 3.05) is 37.7 Å². The van der Waals surface area contributed by atoms with Crippen LogP contribution in [0.4, 0.5) is 5.69 Å². The number of hydrogen-bond donors (Lipinski definition) is 1. The first-order chi connectivity index (χ1) is 10.2. The Labute approximate surface area is 126 Å². The first kappa shape index (κ1) is 16.0. The maximum atomic E-state index is 12.1. The van der Waals surface area contributed by atoms with E-state index in [1.54, 1.807) is 12.3 Å². The maximum absolute atomic E-state index is 12.1. The van der Waals surface area contributed by atoms with E-state index in [0.717, 1.165) is 51.4 Å². The van der Waals surface area contributed by atoms with E-state index in [9.17, 15) is 4.79 Å². The predicted molar refractivity (Wildman–Crippen MR) is 83.9 cm³/mol. The minimum absolute atomic E-state index is 0.0341. The molecule has 118 valence electrons. The van der Waals surface area contributed by atoms with Crippen molar-refractivity contribution in [3.8, 4) is 0 Å². The molecule has 1 saturated heterocycles. The Kier molecular flexibility index (Phi) is 6.20. The molecule has 21 heavy (non-hydrogen) atoms. The molecule has 0 atom stereocenters. The lowest BCUT2D eigenvalue weighted by Crippen LogP contribution is -2.38. The molecule has 0 saturated carbocycles. The topological polar surface area (TPSA) is 59.4 Å². The highest BCUT2D eigenvalue weighted by Crippen LogP contribution is 2.08. The van der Waals surface area contributed by atoms with Gasteiger partial charge in [0.1, 0.15) is 0 Å². The number of nitrogens with zero attached hydrogens (tertiary/aromatic N) is 3. The van der Waals surface area contributed by atoms with Crippen LogP contribution in [0.15, 0.2) is 17.1 Å². The summed E-state index contributed by atoms with van der Waals surface area (Å²) in [6.07, 6.45) is 3.87. The lowest BCUT2D eigenvalue weighted by molar-refractivity contribution is 0.0778. The zero-order valence-corrected chi connectivity index (χ0v) is 13.0. The molecule has 2 rings (SSSR count). The van der Waals surface area contributed by atoms with Crippen molar-refractivity contribution >= 4 is 5.69 Å². The minimum atomic E-state index is -0.0341. The maximum Gasteiger partial charge on any atom is 0.268 e. The summed E-state index contributed by atoms with van der Waals surface area (Å²) in [6.45, 7) is 8.94. The van der Waals surface area contributed by atoms with Gasteiger partial charge in [0.05, 0.1) is 18.4 Å². The average Bonchev–Trinajstić information content (AvgIpc) is 2.51. The number of rotatable bonds is 7. The van der Waals surface area contributed by atoms with Crippen molar-refractivity contribution in [2.24, 2.45) is 0 Å². The van der Waals surface area contributed by atoms with Gasteiger partial charge in [0.2, 0.25) is 0 Å². The summed E-state index contributed by atoms with van der Waals surface area (Å²) < 4.78 is 6.86. The molecule has 6 nitrogen and oxygen atoms in total. The molecular formula is C15H26N4O2. The normalized spacial score (nSPS) is 16.1. The summed E-state index contributed by atoms with van der Waals surface area (Å²) in [6, 6.07) is 2.18. The smallest absolute Gasteiger partial charge is 0.268 e. The predicted octanol–water partition coefficient (Wildman–Crippen LogP) is 0.858. The van der Waals surface area contributed by atoms with Crippen LogP contribution in [0.1, 0.15) is 26.7 Å². The van der Waals surface area contributed by atoms with Gasteiger partial charge in [0.25, 0.3) is 5.56 Å². The lowest BCUT2D eigenvalue weighted by atomic mass is 10.1. The summed E-state index contributed by atoms with van der Waals surface area (Å²) in [4.78, 5) is 14.2. The Morgan fingerprint density at radius 3 is 2.71 bits per heavy atom. The van der Waals surface area contributed by atoms with Crippen LogP contribution in [0.2, 0.25) is 0 Å². The zero-order valence-electron chi connectivity index (χ0n) is 13.0. The van der Waals surface area contributed by atoms with Gasteiger partial charge in [-0.15, -0.1) is 0 Å². The van der Waals surface area contributed by atoms with E-state index in [-0.39, 0.29) is 5.56 Å². The average molecular weight is 294 g/mol. The summed E-state index contributed by atoms with van der Waals surface area (Å²) in [5.41, 5.74) is 0.867. The second kappa shape index (κ2) is 8.14. The van der Waals surface area contributed by atoms with Crippen molar-refractivity contribution in [3.63, 3.8) is 0 Å². The van der Waals surface area contributed by atoms with Gasteiger partial charge in [-0.2, -0.15) is 5.10 Å². The molecule has 0 aliphatic carbocycles. The number of nitrogens with one attached hydrogen (secondary N) is 1. The molecule has 1 N–H and O–H groups in total. The summed E-state index contributed by atoms with van der Waals surface area (Å²) in [5, 5.41) is 7.74. The first-order valence-electron chi connectivity index (χ1n) is 7.87. The van der Waals surface area contributed by atoms with Crippen LogP contribution in [0.25, 0.3) is 0 Å². The molecule has 0 bridgehead atoms. The van der Waals surface area contributed by atoms with Crippen molar-refractivity contribution in [1.29, 1.82) is 0 Å². The van der Waals surface area contributed by atoms with Crippen molar-refractivity contribution in [2.45, 2.75) is 39.3 Å². The van der Waals surface area contributed by atoms with E-state index in [1.165, 1.54) is 4.68 Å². The standard InChI is InChI=1S/C15H26N4O2/c1-3-18(4-2)14-11-15(20)19(17-12-14)8-7-16-13-5-9-21-10-6-13/h11-13,16H,3-10H2,1-2H3. The van der Waals surface area contributed by atoms with E-state index >= 15 is 0 Å². The molecule has 6 heteroatoms.